The van der Waals surface area contributed by atoms with E-state index in [0.717, 1.165) is 32.2 Å². The van der Waals surface area contributed by atoms with E-state index in [-0.39, 0.29) is 5.41 Å². The summed E-state index contributed by atoms with van der Waals surface area (Å²) < 4.78 is 5.28. The predicted molar refractivity (Wildman–Crippen MR) is 97.1 cm³/mol. The summed E-state index contributed by atoms with van der Waals surface area (Å²) in [6.07, 6.45) is 1.18. The molecule has 0 radical (unpaired) electrons. The maximum Gasteiger partial charge on any atom is 0.193 e. The Morgan fingerprint density at radius 3 is 2.65 bits per heavy atom. The molecular formula is C19H31N3O. The molecule has 0 spiro atoms. The fourth-order valence-electron chi connectivity index (χ4n) is 3.14. The second-order valence-corrected chi connectivity index (χ2v) is 7.21. The molecule has 4 nitrogen and oxygen atoms in total. The predicted octanol–water partition coefficient (Wildman–Crippen LogP) is 2.82. The van der Waals surface area contributed by atoms with Gasteiger partial charge in [0, 0.05) is 45.1 Å². The van der Waals surface area contributed by atoms with Gasteiger partial charge in [0.1, 0.15) is 0 Å². The fraction of sp³-hybridized carbons (Fsp3) is 0.632. The Bertz CT molecular complexity index is 522. The third kappa shape index (κ3) is 4.71. The minimum absolute atomic E-state index is 0.0648. The number of ether oxygens (including phenoxy) is 1. The molecule has 0 saturated carbocycles. The molecule has 2 rings (SSSR count). The van der Waals surface area contributed by atoms with Crippen molar-refractivity contribution < 1.29 is 4.74 Å². The van der Waals surface area contributed by atoms with Crippen LogP contribution in [0.15, 0.2) is 29.3 Å². The Morgan fingerprint density at radius 1 is 1.35 bits per heavy atom. The summed E-state index contributed by atoms with van der Waals surface area (Å²) in [5.41, 5.74) is 2.72. The first kappa shape index (κ1) is 17.8. The summed E-state index contributed by atoms with van der Waals surface area (Å²) in [6.45, 7) is 10.5. The molecule has 4 heteroatoms. The van der Waals surface area contributed by atoms with E-state index < -0.39 is 0 Å². The van der Waals surface area contributed by atoms with Gasteiger partial charge in [-0.2, -0.15) is 0 Å². The number of nitrogens with zero attached hydrogens (tertiary/aromatic N) is 2. The Labute approximate surface area is 140 Å². The summed E-state index contributed by atoms with van der Waals surface area (Å²) in [5.74, 6) is 1.62. The van der Waals surface area contributed by atoms with Gasteiger partial charge in [0.25, 0.3) is 0 Å². The molecule has 1 aliphatic heterocycles. The van der Waals surface area contributed by atoms with Crippen LogP contribution in [0.2, 0.25) is 0 Å². The Balaban J connectivity index is 1.94. The number of hydrogen-bond acceptors (Lipinski definition) is 2. The van der Waals surface area contributed by atoms with Crippen molar-refractivity contribution >= 4 is 5.96 Å². The first-order chi connectivity index (χ1) is 11.0. The molecule has 1 aliphatic rings. The number of methoxy groups -OCH3 is 1. The lowest BCUT2D eigenvalue weighted by Gasteiger charge is -2.29. The molecule has 1 heterocycles. The fourth-order valence-corrected chi connectivity index (χ4v) is 3.14. The van der Waals surface area contributed by atoms with Gasteiger partial charge in [-0.1, -0.05) is 43.7 Å². The lowest BCUT2D eigenvalue weighted by molar-refractivity contribution is 0.157. The van der Waals surface area contributed by atoms with E-state index in [1.807, 2.05) is 7.05 Å². The molecule has 0 bridgehead atoms. The Morgan fingerprint density at radius 2 is 2.04 bits per heavy atom. The van der Waals surface area contributed by atoms with Crippen LogP contribution in [0.4, 0.5) is 0 Å². The number of hydrogen-bond donors (Lipinski definition) is 1. The number of likely N-dealkylation sites (tertiary alicyclic amines) is 1. The monoisotopic (exact) mass is 317 g/mol. The maximum absolute atomic E-state index is 5.28. The molecule has 23 heavy (non-hydrogen) atoms. The van der Waals surface area contributed by atoms with E-state index in [1.54, 1.807) is 7.11 Å². The lowest BCUT2D eigenvalue weighted by Crippen LogP contribution is -2.45. The van der Waals surface area contributed by atoms with Gasteiger partial charge >= 0.3 is 0 Å². The zero-order valence-corrected chi connectivity index (χ0v) is 15.2. The van der Waals surface area contributed by atoms with Gasteiger partial charge in [0.15, 0.2) is 5.96 Å². The minimum Gasteiger partial charge on any atom is -0.384 e. The average molecular weight is 317 g/mol. The van der Waals surface area contributed by atoms with Gasteiger partial charge in [-0.25, -0.2) is 0 Å². The molecule has 0 amide bonds. The SMILES string of the molecule is CN=C(NCC(C)(C)c1ccc(C)cc1)N1CCC(COC)C1. The van der Waals surface area contributed by atoms with Crippen molar-refractivity contribution in [2.75, 3.05) is 40.4 Å². The number of rotatable bonds is 5. The molecule has 1 aromatic rings. The second-order valence-electron chi connectivity index (χ2n) is 7.21. The third-order valence-corrected chi connectivity index (χ3v) is 4.72. The highest BCUT2D eigenvalue weighted by Crippen LogP contribution is 2.23. The molecule has 1 aromatic carbocycles. The van der Waals surface area contributed by atoms with Gasteiger partial charge in [-0.05, 0) is 18.9 Å². The van der Waals surface area contributed by atoms with Crippen LogP contribution >= 0.6 is 0 Å². The van der Waals surface area contributed by atoms with E-state index in [9.17, 15) is 0 Å². The van der Waals surface area contributed by atoms with Crippen molar-refractivity contribution in [1.29, 1.82) is 0 Å². The van der Waals surface area contributed by atoms with Gasteiger partial charge < -0.3 is 15.0 Å². The van der Waals surface area contributed by atoms with Crippen LogP contribution in [0.25, 0.3) is 0 Å². The first-order valence-corrected chi connectivity index (χ1v) is 8.48. The van der Waals surface area contributed by atoms with Crippen LogP contribution in [0.3, 0.4) is 0 Å². The van der Waals surface area contributed by atoms with E-state index in [1.165, 1.54) is 17.5 Å². The summed E-state index contributed by atoms with van der Waals surface area (Å²) in [7, 11) is 3.64. The number of guanidine groups is 1. The van der Waals surface area contributed by atoms with Crippen LogP contribution in [-0.2, 0) is 10.2 Å². The van der Waals surface area contributed by atoms with Gasteiger partial charge in [-0.3, -0.25) is 4.99 Å². The number of aliphatic imine (C=N–C) groups is 1. The van der Waals surface area contributed by atoms with E-state index in [4.69, 9.17) is 4.74 Å². The highest BCUT2D eigenvalue weighted by Gasteiger charge is 2.26. The topological polar surface area (TPSA) is 36.9 Å². The molecule has 1 atom stereocenters. The third-order valence-electron chi connectivity index (χ3n) is 4.72. The molecule has 128 valence electrons. The van der Waals surface area contributed by atoms with Crippen LogP contribution in [0, 0.1) is 12.8 Å². The highest BCUT2D eigenvalue weighted by molar-refractivity contribution is 5.80. The molecule has 0 aromatic heterocycles. The summed E-state index contributed by atoms with van der Waals surface area (Å²) in [6, 6.07) is 8.82. The highest BCUT2D eigenvalue weighted by atomic mass is 16.5. The van der Waals surface area contributed by atoms with Gasteiger partial charge in [-0.15, -0.1) is 0 Å². The van der Waals surface area contributed by atoms with Gasteiger partial charge in [0.05, 0.1) is 6.61 Å². The van der Waals surface area contributed by atoms with E-state index in [0.29, 0.717) is 5.92 Å². The maximum atomic E-state index is 5.28. The quantitative estimate of drug-likeness (QED) is 0.670. The summed E-state index contributed by atoms with van der Waals surface area (Å²) in [5, 5.41) is 3.56. The zero-order chi connectivity index (χ0) is 16.9. The summed E-state index contributed by atoms with van der Waals surface area (Å²) >= 11 is 0. The van der Waals surface area contributed by atoms with Gasteiger partial charge in [0.2, 0.25) is 0 Å². The van der Waals surface area contributed by atoms with Crippen molar-refractivity contribution in [3.05, 3.63) is 35.4 Å². The molecule has 1 unspecified atom stereocenters. The van der Waals surface area contributed by atoms with Crippen molar-refractivity contribution in [3.8, 4) is 0 Å². The molecular weight excluding hydrogens is 286 g/mol. The Hall–Kier alpha value is -1.55. The van der Waals surface area contributed by atoms with Crippen molar-refractivity contribution in [1.82, 2.24) is 10.2 Å². The van der Waals surface area contributed by atoms with Crippen LogP contribution in [-0.4, -0.2) is 51.3 Å². The standard InChI is InChI=1S/C19H31N3O/c1-15-6-8-17(9-7-15)19(2,3)14-21-18(20-4)22-11-10-16(12-22)13-23-5/h6-9,16H,10-14H2,1-5H3,(H,20,21). The average Bonchev–Trinajstić information content (AvgIpc) is 2.97. The van der Waals surface area contributed by atoms with Crippen LogP contribution in [0.1, 0.15) is 31.4 Å². The number of benzene rings is 1. The van der Waals surface area contributed by atoms with E-state index >= 15 is 0 Å². The normalized spacial score (nSPS) is 19.3. The van der Waals surface area contributed by atoms with Crippen molar-refractivity contribution in [2.24, 2.45) is 10.9 Å². The molecule has 1 fully saturated rings. The molecule has 0 aliphatic carbocycles. The number of aryl methyl sites for hydroxylation is 1. The van der Waals surface area contributed by atoms with Crippen LogP contribution < -0.4 is 5.32 Å². The van der Waals surface area contributed by atoms with Crippen molar-refractivity contribution in [3.63, 3.8) is 0 Å². The second kappa shape index (κ2) is 7.82. The molecule has 1 N–H and O–H groups in total. The zero-order valence-electron chi connectivity index (χ0n) is 15.2. The summed E-state index contributed by atoms with van der Waals surface area (Å²) in [4.78, 5) is 6.81. The lowest BCUT2D eigenvalue weighted by atomic mass is 9.84. The van der Waals surface area contributed by atoms with Crippen molar-refractivity contribution in [2.45, 2.75) is 32.6 Å². The minimum atomic E-state index is 0.0648. The van der Waals surface area contributed by atoms with Crippen LogP contribution in [0.5, 0.6) is 0 Å². The first-order valence-electron chi connectivity index (χ1n) is 8.48. The Kier molecular flexibility index (Phi) is 6.05. The van der Waals surface area contributed by atoms with E-state index in [2.05, 4.69) is 60.2 Å². The largest absolute Gasteiger partial charge is 0.384 e. The smallest absolute Gasteiger partial charge is 0.193 e. The number of nitrogens with one attached hydrogen (secondary N) is 1. The molecule has 1 saturated heterocycles.